The minimum atomic E-state index is -0.177. The van der Waals surface area contributed by atoms with Crippen molar-refractivity contribution in [2.24, 2.45) is 5.92 Å². The maximum absolute atomic E-state index is 10.4. The fourth-order valence-electron chi connectivity index (χ4n) is 2.81. The molecule has 0 bridgehead atoms. The minimum Gasteiger partial charge on any atom is -0.392 e. The molecule has 0 radical (unpaired) electrons. The van der Waals surface area contributed by atoms with Gasteiger partial charge < -0.3 is 5.11 Å². The number of hydrogen-bond acceptors (Lipinski definition) is 1. The number of aliphatic hydroxyl groups is 1. The first-order valence-electron chi connectivity index (χ1n) is 6.39. The van der Waals surface area contributed by atoms with Crippen molar-refractivity contribution in [1.82, 2.24) is 0 Å². The molecule has 1 atom stereocenters. The van der Waals surface area contributed by atoms with E-state index in [9.17, 15) is 5.11 Å². The lowest BCUT2D eigenvalue weighted by molar-refractivity contribution is 0.0140. The van der Waals surface area contributed by atoms with Gasteiger partial charge in [-0.05, 0) is 30.7 Å². The van der Waals surface area contributed by atoms with Crippen LogP contribution in [0.3, 0.4) is 0 Å². The van der Waals surface area contributed by atoms with E-state index >= 15 is 0 Å². The van der Waals surface area contributed by atoms with Crippen LogP contribution in [0.25, 0.3) is 0 Å². The van der Waals surface area contributed by atoms with Crippen molar-refractivity contribution in [3.63, 3.8) is 0 Å². The maximum Gasteiger partial charge on any atom is 0.0639 e. The Kier molecular flexibility index (Phi) is 3.34. The van der Waals surface area contributed by atoms with Gasteiger partial charge >= 0.3 is 0 Å². The van der Waals surface area contributed by atoms with Crippen molar-refractivity contribution in [3.05, 3.63) is 35.9 Å². The van der Waals surface area contributed by atoms with E-state index in [4.69, 9.17) is 0 Å². The predicted octanol–water partition coefficient (Wildman–Crippen LogP) is 3.52. The fourth-order valence-corrected chi connectivity index (χ4v) is 2.81. The molecule has 0 aliphatic heterocycles. The lowest BCUT2D eigenvalue weighted by atomic mass is 9.60. The van der Waals surface area contributed by atoms with E-state index in [2.05, 4.69) is 38.1 Å². The summed E-state index contributed by atoms with van der Waals surface area (Å²) in [5.41, 5.74) is 1.39. The van der Waals surface area contributed by atoms with E-state index in [-0.39, 0.29) is 11.5 Å². The third kappa shape index (κ3) is 2.01. The number of benzene rings is 1. The van der Waals surface area contributed by atoms with Crippen LogP contribution in [-0.2, 0) is 5.41 Å². The molecular formula is C15H22O. The summed E-state index contributed by atoms with van der Waals surface area (Å²) in [6, 6.07) is 10.5. The second kappa shape index (κ2) is 4.58. The molecule has 2 rings (SSSR count). The van der Waals surface area contributed by atoms with Crippen LogP contribution in [0.1, 0.15) is 45.1 Å². The second-order valence-electron chi connectivity index (χ2n) is 5.52. The van der Waals surface area contributed by atoms with Gasteiger partial charge in [-0.3, -0.25) is 0 Å². The van der Waals surface area contributed by atoms with Crippen LogP contribution in [0, 0.1) is 5.92 Å². The second-order valence-corrected chi connectivity index (χ2v) is 5.52. The summed E-state index contributed by atoms with van der Waals surface area (Å²) in [4.78, 5) is 0. The van der Waals surface area contributed by atoms with Gasteiger partial charge in [0.25, 0.3) is 0 Å². The Morgan fingerprint density at radius 1 is 1.19 bits per heavy atom. The molecule has 16 heavy (non-hydrogen) atoms. The molecule has 0 spiro atoms. The van der Waals surface area contributed by atoms with Crippen molar-refractivity contribution < 1.29 is 5.11 Å². The zero-order valence-electron chi connectivity index (χ0n) is 10.3. The van der Waals surface area contributed by atoms with Crippen molar-refractivity contribution in [2.45, 2.75) is 51.0 Å². The molecule has 0 heterocycles. The molecule has 1 aliphatic carbocycles. The average molecular weight is 218 g/mol. The molecule has 1 saturated carbocycles. The van der Waals surface area contributed by atoms with Crippen LogP contribution >= 0.6 is 0 Å². The lowest BCUT2D eigenvalue weighted by Gasteiger charge is -2.46. The van der Waals surface area contributed by atoms with Gasteiger partial charge in [0.1, 0.15) is 0 Å². The first kappa shape index (κ1) is 11.7. The Hall–Kier alpha value is -0.820. The van der Waals surface area contributed by atoms with Crippen LogP contribution in [0.15, 0.2) is 30.3 Å². The summed E-state index contributed by atoms with van der Waals surface area (Å²) in [5, 5.41) is 10.4. The maximum atomic E-state index is 10.4. The predicted molar refractivity (Wildman–Crippen MR) is 67.4 cm³/mol. The molecule has 1 fully saturated rings. The first-order chi connectivity index (χ1) is 7.65. The van der Waals surface area contributed by atoms with E-state index in [1.165, 1.54) is 12.0 Å². The SMILES string of the molecule is CC(C)CC(O)C1(c2ccccc2)CCC1. The van der Waals surface area contributed by atoms with Gasteiger partial charge in [-0.15, -0.1) is 0 Å². The van der Waals surface area contributed by atoms with Crippen molar-refractivity contribution in [3.8, 4) is 0 Å². The van der Waals surface area contributed by atoms with Crippen LogP contribution in [-0.4, -0.2) is 11.2 Å². The molecule has 1 heteroatoms. The van der Waals surface area contributed by atoms with Gasteiger partial charge in [-0.2, -0.15) is 0 Å². The highest BCUT2D eigenvalue weighted by Crippen LogP contribution is 2.47. The van der Waals surface area contributed by atoms with Gasteiger partial charge in [0.15, 0.2) is 0 Å². The Labute approximate surface area is 98.5 Å². The largest absolute Gasteiger partial charge is 0.392 e. The molecule has 0 aromatic heterocycles. The summed E-state index contributed by atoms with van der Waals surface area (Å²) in [6.45, 7) is 4.36. The monoisotopic (exact) mass is 218 g/mol. The van der Waals surface area contributed by atoms with Crippen LogP contribution < -0.4 is 0 Å². The van der Waals surface area contributed by atoms with E-state index in [0.717, 1.165) is 19.3 Å². The summed E-state index contributed by atoms with van der Waals surface area (Å²) in [6.07, 6.45) is 4.28. The molecule has 1 nitrogen and oxygen atoms in total. The van der Waals surface area contributed by atoms with E-state index in [1.807, 2.05) is 6.07 Å². The molecule has 1 unspecified atom stereocenters. The van der Waals surface area contributed by atoms with Crippen molar-refractivity contribution >= 4 is 0 Å². The molecule has 88 valence electrons. The molecule has 1 aliphatic rings. The van der Waals surface area contributed by atoms with Gasteiger partial charge in [0.2, 0.25) is 0 Å². The van der Waals surface area contributed by atoms with E-state index in [1.54, 1.807) is 0 Å². The van der Waals surface area contributed by atoms with Gasteiger partial charge in [-0.1, -0.05) is 50.6 Å². The van der Waals surface area contributed by atoms with Crippen molar-refractivity contribution in [2.75, 3.05) is 0 Å². The summed E-state index contributed by atoms with van der Waals surface area (Å²) in [7, 11) is 0. The normalized spacial score (nSPS) is 20.5. The molecular weight excluding hydrogens is 196 g/mol. The van der Waals surface area contributed by atoms with Crippen LogP contribution in [0.2, 0.25) is 0 Å². The fraction of sp³-hybridized carbons (Fsp3) is 0.600. The standard InChI is InChI=1S/C15H22O/c1-12(2)11-14(16)15(9-6-10-15)13-7-4-3-5-8-13/h3-5,7-8,12,14,16H,6,9-11H2,1-2H3. The zero-order chi connectivity index (χ0) is 11.6. The zero-order valence-corrected chi connectivity index (χ0v) is 10.3. The summed E-state index contributed by atoms with van der Waals surface area (Å²) in [5.74, 6) is 0.566. The molecule has 0 saturated heterocycles. The van der Waals surface area contributed by atoms with E-state index < -0.39 is 0 Å². The molecule has 1 aromatic rings. The molecule has 1 N–H and O–H groups in total. The first-order valence-corrected chi connectivity index (χ1v) is 6.39. The Bertz CT molecular complexity index is 325. The average Bonchev–Trinajstić information content (AvgIpc) is 2.16. The Morgan fingerprint density at radius 3 is 2.25 bits per heavy atom. The molecule has 1 aromatic carbocycles. The highest BCUT2D eigenvalue weighted by Gasteiger charge is 2.44. The topological polar surface area (TPSA) is 20.2 Å². The smallest absolute Gasteiger partial charge is 0.0639 e. The minimum absolute atomic E-state index is 0.0610. The molecule has 0 amide bonds. The highest BCUT2D eigenvalue weighted by atomic mass is 16.3. The number of hydrogen-bond donors (Lipinski definition) is 1. The highest BCUT2D eigenvalue weighted by molar-refractivity contribution is 5.29. The van der Waals surface area contributed by atoms with Crippen molar-refractivity contribution in [1.29, 1.82) is 0 Å². The Balaban J connectivity index is 2.20. The summed E-state index contributed by atoms with van der Waals surface area (Å²) < 4.78 is 0. The van der Waals surface area contributed by atoms with Gasteiger partial charge in [0, 0.05) is 5.41 Å². The van der Waals surface area contributed by atoms with Gasteiger partial charge in [-0.25, -0.2) is 0 Å². The van der Waals surface area contributed by atoms with Crippen LogP contribution in [0.5, 0.6) is 0 Å². The van der Waals surface area contributed by atoms with Gasteiger partial charge in [0.05, 0.1) is 6.10 Å². The third-order valence-corrected chi connectivity index (χ3v) is 3.93. The summed E-state index contributed by atoms with van der Waals surface area (Å²) >= 11 is 0. The lowest BCUT2D eigenvalue weighted by Crippen LogP contribution is -2.46. The van der Waals surface area contributed by atoms with E-state index in [0.29, 0.717) is 5.92 Å². The number of rotatable bonds is 4. The third-order valence-electron chi connectivity index (χ3n) is 3.93. The Morgan fingerprint density at radius 2 is 1.81 bits per heavy atom. The quantitative estimate of drug-likeness (QED) is 0.820. The van der Waals surface area contributed by atoms with Crippen LogP contribution in [0.4, 0.5) is 0 Å². The number of aliphatic hydroxyl groups excluding tert-OH is 1.